The van der Waals surface area contributed by atoms with Gasteiger partial charge in [-0.15, -0.1) is 0 Å². The lowest BCUT2D eigenvalue weighted by Gasteiger charge is -2.17. The Morgan fingerprint density at radius 1 is 1.50 bits per heavy atom. The third-order valence-electron chi connectivity index (χ3n) is 1.67. The van der Waals surface area contributed by atoms with E-state index in [-0.39, 0.29) is 11.8 Å². The van der Waals surface area contributed by atoms with Gasteiger partial charge in [0.25, 0.3) is 0 Å². The Labute approximate surface area is 73.0 Å². The largest absolute Gasteiger partial charge is 0.389 e. The van der Waals surface area contributed by atoms with Crippen molar-refractivity contribution in [2.24, 2.45) is 0 Å². The van der Waals surface area contributed by atoms with Gasteiger partial charge in [-0.25, -0.2) is 13.1 Å². The van der Waals surface area contributed by atoms with Gasteiger partial charge in [-0.2, -0.15) is 0 Å². The minimum absolute atomic E-state index is 0.0891. The average Bonchev–Trinajstić information content (AvgIpc) is 2.62. The van der Waals surface area contributed by atoms with Gasteiger partial charge in [0, 0.05) is 6.54 Å². The Bertz CT molecular complexity index is 248. The minimum atomic E-state index is -3.13. The van der Waals surface area contributed by atoms with Crippen LogP contribution in [0.4, 0.5) is 0 Å². The molecule has 1 fully saturated rings. The van der Waals surface area contributed by atoms with E-state index in [2.05, 4.69) is 4.72 Å². The summed E-state index contributed by atoms with van der Waals surface area (Å²) in [5.41, 5.74) is -0.970. The van der Waals surface area contributed by atoms with Crippen molar-refractivity contribution in [3.63, 3.8) is 0 Å². The Kier molecular flexibility index (Phi) is 2.47. The van der Waals surface area contributed by atoms with Crippen LogP contribution in [0.2, 0.25) is 0 Å². The fourth-order valence-electron chi connectivity index (χ4n) is 0.773. The molecular formula is C7H15NO3S. The first kappa shape index (κ1) is 9.95. The highest BCUT2D eigenvalue weighted by Gasteiger charge is 2.36. The average molecular weight is 193 g/mol. The Hall–Kier alpha value is -0.130. The molecule has 0 aliphatic heterocycles. The SMILES string of the molecule is CC(C)(O)CNS(=O)(=O)C1CC1. The molecule has 12 heavy (non-hydrogen) atoms. The van der Waals surface area contributed by atoms with Crippen molar-refractivity contribution in [1.29, 1.82) is 0 Å². The summed E-state index contributed by atoms with van der Waals surface area (Å²) in [5, 5.41) is 9.05. The van der Waals surface area contributed by atoms with Crippen molar-refractivity contribution < 1.29 is 13.5 Å². The van der Waals surface area contributed by atoms with Gasteiger partial charge < -0.3 is 5.11 Å². The van der Waals surface area contributed by atoms with Crippen molar-refractivity contribution in [2.75, 3.05) is 6.54 Å². The molecule has 72 valence electrons. The van der Waals surface area contributed by atoms with E-state index in [1.165, 1.54) is 0 Å². The van der Waals surface area contributed by atoms with Crippen LogP contribution in [0.3, 0.4) is 0 Å². The Morgan fingerprint density at radius 2 is 2.00 bits per heavy atom. The van der Waals surface area contributed by atoms with Crippen molar-refractivity contribution in [1.82, 2.24) is 4.72 Å². The van der Waals surface area contributed by atoms with Crippen LogP contribution < -0.4 is 4.72 Å². The molecule has 1 aliphatic rings. The summed E-state index contributed by atoms with van der Waals surface area (Å²) in [7, 11) is -3.13. The first-order valence-electron chi connectivity index (χ1n) is 4.02. The highest BCUT2D eigenvalue weighted by Crippen LogP contribution is 2.27. The molecule has 0 heterocycles. The predicted molar refractivity (Wildman–Crippen MR) is 46.2 cm³/mol. The molecular weight excluding hydrogens is 178 g/mol. The van der Waals surface area contributed by atoms with Gasteiger partial charge in [0.05, 0.1) is 10.9 Å². The molecule has 2 N–H and O–H groups in total. The number of hydrogen-bond acceptors (Lipinski definition) is 3. The first-order chi connectivity index (χ1) is 5.31. The number of sulfonamides is 1. The van der Waals surface area contributed by atoms with E-state index in [1.54, 1.807) is 13.8 Å². The molecule has 5 heteroatoms. The van der Waals surface area contributed by atoms with E-state index in [0.717, 1.165) is 12.8 Å². The number of rotatable bonds is 4. The van der Waals surface area contributed by atoms with Crippen LogP contribution in [0, 0.1) is 0 Å². The van der Waals surface area contributed by atoms with Crippen molar-refractivity contribution >= 4 is 10.0 Å². The molecule has 0 radical (unpaired) electrons. The third-order valence-corrected chi connectivity index (χ3v) is 3.56. The highest BCUT2D eigenvalue weighted by molar-refractivity contribution is 7.90. The molecule has 0 amide bonds. The van der Waals surface area contributed by atoms with Gasteiger partial charge in [0.15, 0.2) is 0 Å². The fraction of sp³-hybridized carbons (Fsp3) is 1.00. The maximum Gasteiger partial charge on any atom is 0.214 e. The van der Waals surface area contributed by atoms with Gasteiger partial charge in [-0.3, -0.25) is 0 Å². The van der Waals surface area contributed by atoms with Crippen molar-refractivity contribution in [3.8, 4) is 0 Å². The van der Waals surface area contributed by atoms with Gasteiger partial charge >= 0.3 is 0 Å². The van der Waals surface area contributed by atoms with Crippen LogP contribution in [0.15, 0.2) is 0 Å². The zero-order chi connectivity index (χ0) is 9.41. The molecule has 1 rings (SSSR count). The Balaban J connectivity index is 2.41. The standard InChI is InChI=1S/C7H15NO3S/c1-7(2,9)5-8-12(10,11)6-3-4-6/h6,8-9H,3-5H2,1-2H3. The lowest BCUT2D eigenvalue weighted by atomic mass is 10.1. The van der Waals surface area contributed by atoms with Crippen LogP contribution in [0.1, 0.15) is 26.7 Å². The molecule has 1 saturated carbocycles. The molecule has 4 nitrogen and oxygen atoms in total. The van der Waals surface area contributed by atoms with Crippen LogP contribution in [0.5, 0.6) is 0 Å². The minimum Gasteiger partial charge on any atom is -0.389 e. The van der Waals surface area contributed by atoms with Crippen molar-refractivity contribution in [2.45, 2.75) is 37.5 Å². The third kappa shape index (κ3) is 3.08. The molecule has 0 aromatic rings. The zero-order valence-corrected chi connectivity index (χ0v) is 8.19. The van der Waals surface area contributed by atoms with Gasteiger partial charge in [0.2, 0.25) is 10.0 Å². The molecule has 0 atom stereocenters. The Morgan fingerprint density at radius 3 is 2.33 bits per heavy atom. The van der Waals surface area contributed by atoms with Crippen LogP contribution in [-0.4, -0.2) is 30.9 Å². The molecule has 1 aliphatic carbocycles. The van der Waals surface area contributed by atoms with Crippen LogP contribution in [-0.2, 0) is 10.0 Å². The van der Waals surface area contributed by atoms with Gasteiger partial charge in [-0.05, 0) is 26.7 Å². The monoisotopic (exact) mass is 193 g/mol. The van der Waals surface area contributed by atoms with Crippen LogP contribution >= 0.6 is 0 Å². The van der Waals surface area contributed by atoms with Crippen molar-refractivity contribution in [3.05, 3.63) is 0 Å². The first-order valence-corrected chi connectivity index (χ1v) is 5.57. The quantitative estimate of drug-likeness (QED) is 0.652. The zero-order valence-electron chi connectivity index (χ0n) is 7.37. The van der Waals surface area contributed by atoms with Crippen LogP contribution in [0.25, 0.3) is 0 Å². The van der Waals surface area contributed by atoms with E-state index < -0.39 is 15.6 Å². The molecule has 0 spiro atoms. The van der Waals surface area contributed by atoms with E-state index in [1.807, 2.05) is 0 Å². The number of hydrogen-bond donors (Lipinski definition) is 2. The van der Waals surface area contributed by atoms with Gasteiger partial charge in [0.1, 0.15) is 0 Å². The lowest BCUT2D eigenvalue weighted by Crippen LogP contribution is -2.39. The summed E-state index contributed by atoms with van der Waals surface area (Å²) in [5.74, 6) is 0. The summed E-state index contributed by atoms with van der Waals surface area (Å²) in [6.45, 7) is 3.23. The number of aliphatic hydroxyl groups is 1. The van der Waals surface area contributed by atoms with E-state index in [0.29, 0.717) is 0 Å². The van der Waals surface area contributed by atoms with E-state index in [9.17, 15) is 13.5 Å². The summed E-state index contributed by atoms with van der Waals surface area (Å²) < 4.78 is 24.8. The second-order valence-corrected chi connectivity index (χ2v) is 5.92. The lowest BCUT2D eigenvalue weighted by molar-refractivity contribution is 0.0857. The van der Waals surface area contributed by atoms with E-state index >= 15 is 0 Å². The molecule has 0 unspecified atom stereocenters. The van der Waals surface area contributed by atoms with E-state index in [4.69, 9.17) is 0 Å². The smallest absolute Gasteiger partial charge is 0.214 e. The fourth-order valence-corrected chi connectivity index (χ4v) is 2.32. The summed E-state index contributed by atoms with van der Waals surface area (Å²) in [4.78, 5) is 0. The highest BCUT2D eigenvalue weighted by atomic mass is 32.2. The number of nitrogens with one attached hydrogen (secondary N) is 1. The molecule has 0 aromatic heterocycles. The topological polar surface area (TPSA) is 66.4 Å². The predicted octanol–water partition coefficient (Wildman–Crippen LogP) is -0.161. The molecule has 0 aromatic carbocycles. The van der Waals surface area contributed by atoms with Gasteiger partial charge in [-0.1, -0.05) is 0 Å². The molecule has 0 bridgehead atoms. The summed E-state index contributed by atoms with van der Waals surface area (Å²) >= 11 is 0. The molecule has 0 saturated heterocycles. The second-order valence-electron chi connectivity index (χ2n) is 3.88. The second kappa shape index (κ2) is 2.97. The summed E-state index contributed by atoms with van der Waals surface area (Å²) in [6.07, 6.45) is 1.50. The maximum atomic E-state index is 11.2. The summed E-state index contributed by atoms with van der Waals surface area (Å²) in [6, 6.07) is 0. The normalized spacial score (nSPS) is 19.6. The maximum absolute atomic E-state index is 11.2.